The van der Waals surface area contributed by atoms with Crippen molar-refractivity contribution in [2.24, 2.45) is 0 Å². The van der Waals surface area contributed by atoms with Crippen LogP contribution in [0.5, 0.6) is 0 Å². The maximum atomic E-state index is 12.5. The molecule has 5 nitrogen and oxygen atoms in total. The Bertz CT molecular complexity index is 890. The minimum Gasteiger partial charge on any atom is -0.394 e. The first-order chi connectivity index (χ1) is 29.6. The second kappa shape index (κ2) is 50.5. The molecule has 60 heavy (non-hydrogen) atoms. The van der Waals surface area contributed by atoms with Crippen LogP contribution in [-0.2, 0) is 4.79 Å². The van der Waals surface area contributed by atoms with Crippen molar-refractivity contribution in [3.8, 4) is 0 Å². The van der Waals surface area contributed by atoms with Crippen LogP contribution in [0.25, 0.3) is 0 Å². The van der Waals surface area contributed by atoms with Crippen LogP contribution in [0, 0.1) is 0 Å². The number of aliphatic hydroxyl groups is 3. The molecule has 0 heterocycles. The van der Waals surface area contributed by atoms with Crippen molar-refractivity contribution in [3.63, 3.8) is 0 Å². The largest absolute Gasteiger partial charge is 0.394 e. The first-order valence-electron chi connectivity index (χ1n) is 27.1. The number of nitrogens with one attached hydrogen (secondary N) is 1. The second-order valence-electron chi connectivity index (χ2n) is 18.8. The smallest absolute Gasteiger partial charge is 0.220 e. The van der Waals surface area contributed by atoms with Crippen LogP contribution < -0.4 is 5.32 Å². The lowest BCUT2D eigenvalue weighted by Crippen LogP contribution is -2.50. The van der Waals surface area contributed by atoms with E-state index in [1.165, 1.54) is 225 Å². The molecule has 0 aromatic heterocycles. The summed E-state index contributed by atoms with van der Waals surface area (Å²) in [5.74, 6) is -0.153. The van der Waals surface area contributed by atoms with Crippen molar-refractivity contribution in [1.29, 1.82) is 0 Å². The maximum absolute atomic E-state index is 12.5. The van der Waals surface area contributed by atoms with Gasteiger partial charge in [-0.3, -0.25) is 4.79 Å². The standard InChI is InChI=1S/C55H107NO4/c1-3-5-7-9-11-13-15-17-19-21-22-23-24-25-26-27-28-29-30-31-32-33-34-36-38-40-42-44-46-48-50-54(59)56-52(51-57)55(60)53(58)49-47-45-43-41-39-37-35-20-18-16-14-12-10-8-6-4-2/h20,35,41,43,52-53,55,57-58,60H,3-19,21-34,36-40,42,44-51H2,1-2H3,(H,56,59)/b35-20+,43-41+. The van der Waals surface area contributed by atoms with E-state index in [1.807, 2.05) is 0 Å². The third-order valence-electron chi connectivity index (χ3n) is 12.8. The average molecular weight is 846 g/mol. The Kier molecular flexibility index (Phi) is 49.5. The second-order valence-corrected chi connectivity index (χ2v) is 18.8. The quantitative estimate of drug-likeness (QED) is 0.0363. The van der Waals surface area contributed by atoms with E-state index in [9.17, 15) is 20.1 Å². The summed E-state index contributed by atoms with van der Waals surface area (Å²) in [5.41, 5.74) is 0. The lowest BCUT2D eigenvalue weighted by atomic mass is 10.0. The predicted molar refractivity (Wildman–Crippen MR) is 264 cm³/mol. The summed E-state index contributed by atoms with van der Waals surface area (Å²) in [6.07, 6.45) is 63.4. The van der Waals surface area contributed by atoms with Crippen molar-refractivity contribution in [2.75, 3.05) is 6.61 Å². The molecule has 0 aliphatic rings. The fourth-order valence-corrected chi connectivity index (χ4v) is 8.59. The van der Waals surface area contributed by atoms with Crippen molar-refractivity contribution in [2.45, 2.75) is 315 Å². The molecule has 0 spiro atoms. The fourth-order valence-electron chi connectivity index (χ4n) is 8.59. The van der Waals surface area contributed by atoms with Crippen molar-refractivity contribution in [3.05, 3.63) is 24.3 Å². The minimum absolute atomic E-state index is 0.153. The van der Waals surface area contributed by atoms with Gasteiger partial charge in [0, 0.05) is 6.42 Å². The van der Waals surface area contributed by atoms with Gasteiger partial charge in [0.2, 0.25) is 5.91 Å². The summed E-state index contributed by atoms with van der Waals surface area (Å²) in [5, 5.41) is 33.6. The summed E-state index contributed by atoms with van der Waals surface area (Å²) in [7, 11) is 0. The molecule has 0 saturated heterocycles. The summed E-state index contributed by atoms with van der Waals surface area (Å²) in [6, 6.07) is -0.829. The number of unbranched alkanes of at least 4 members (excludes halogenated alkanes) is 38. The van der Waals surface area contributed by atoms with Crippen LogP contribution in [0.2, 0.25) is 0 Å². The molecule has 0 aliphatic carbocycles. The molecule has 0 aromatic rings. The number of rotatable bonds is 50. The number of amides is 1. The van der Waals surface area contributed by atoms with Gasteiger partial charge >= 0.3 is 0 Å². The van der Waals surface area contributed by atoms with E-state index in [-0.39, 0.29) is 12.5 Å². The van der Waals surface area contributed by atoms with Gasteiger partial charge in [-0.25, -0.2) is 0 Å². The minimum atomic E-state index is -1.16. The molecule has 5 heteroatoms. The highest BCUT2D eigenvalue weighted by Crippen LogP contribution is 2.17. The van der Waals surface area contributed by atoms with Crippen molar-refractivity contribution in [1.82, 2.24) is 5.32 Å². The highest BCUT2D eigenvalue weighted by Gasteiger charge is 2.26. The van der Waals surface area contributed by atoms with Gasteiger partial charge < -0.3 is 20.6 Å². The molecule has 0 bridgehead atoms. The highest BCUT2D eigenvalue weighted by atomic mass is 16.3. The van der Waals surface area contributed by atoms with E-state index in [4.69, 9.17) is 0 Å². The van der Waals surface area contributed by atoms with Crippen LogP contribution in [-0.4, -0.2) is 46.1 Å². The molecule has 0 rings (SSSR count). The molecule has 1 amide bonds. The predicted octanol–water partition coefficient (Wildman–Crippen LogP) is 16.5. The Hall–Kier alpha value is -1.17. The van der Waals surface area contributed by atoms with Crippen molar-refractivity contribution < 1.29 is 20.1 Å². The van der Waals surface area contributed by atoms with Crippen molar-refractivity contribution >= 4 is 5.91 Å². The Morgan fingerprint density at radius 3 is 1.02 bits per heavy atom. The van der Waals surface area contributed by atoms with E-state index in [0.717, 1.165) is 44.9 Å². The molecule has 0 saturated carbocycles. The van der Waals surface area contributed by atoms with Crippen LogP contribution in [0.4, 0.5) is 0 Å². The van der Waals surface area contributed by atoms with Gasteiger partial charge in [0.05, 0.1) is 18.8 Å². The monoisotopic (exact) mass is 846 g/mol. The molecule has 0 aliphatic heterocycles. The van der Waals surface area contributed by atoms with Crippen LogP contribution in [0.15, 0.2) is 24.3 Å². The van der Waals surface area contributed by atoms with Gasteiger partial charge in [-0.1, -0.05) is 263 Å². The summed E-state index contributed by atoms with van der Waals surface area (Å²) in [4.78, 5) is 12.5. The molecule has 3 unspecified atom stereocenters. The average Bonchev–Trinajstić information content (AvgIpc) is 3.25. The Labute approximate surface area is 375 Å². The number of aliphatic hydroxyl groups excluding tert-OH is 3. The summed E-state index contributed by atoms with van der Waals surface area (Å²) in [6.45, 7) is 4.18. The first-order valence-corrected chi connectivity index (χ1v) is 27.1. The Morgan fingerprint density at radius 2 is 0.683 bits per heavy atom. The normalized spacial score (nSPS) is 13.5. The van der Waals surface area contributed by atoms with E-state index < -0.39 is 18.2 Å². The fraction of sp³-hybridized carbons (Fsp3) is 0.909. The number of hydrogen-bond donors (Lipinski definition) is 4. The lowest BCUT2D eigenvalue weighted by molar-refractivity contribution is -0.124. The first kappa shape index (κ1) is 58.8. The van der Waals surface area contributed by atoms with Crippen LogP contribution >= 0.6 is 0 Å². The number of hydrogen-bond acceptors (Lipinski definition) is 4. The van der Waals surface area contributed by atoms with Gasteiger partial charge in [0.25, 0.3) is 0 Å². The van der Waals surface area contributed by atoms with Gasteiger partial charge in [-0.15, -0.1) is 0 Å². The van der Waals surface area contributed by atoms with E-state index in [0.29, 0.717) is 12.8 Å². The van der Waals surface area contributed by atoms with E-state index in [2.05, 4.69) is 43.5 Å². The lowest BCUT2D eigenvalue weighted by Gasteiger charge is -2.26. The van der Waals surface area contributed by atoms with Crippen LogP contribution in [0.1, 0.15) is 296 Å². The zero-order valence-corrected chi connectivity index (χ0v) is 40.6. The summed E-state index contributed by atoms with van der Waals surface area (Å²) >= 11 is 0. The molecule has 0 aromatic carbocycles. The number of carbonyl (C=O) groups excluding carboxylic acids is 1. The maximum Gasteiger partial charge on any atom is 0.220 e. The molecule has 4 N–H and O–H groups in total. The molecule has 0 fully saturated rings. The molecule has 356 valence electrons. The third kappa shape index (κ3) is 44.9. The molecule has 0 radical (unpaired) electrons. The Balaban J connectivity index is 3.52. The number of carbonyl (C=O) groups is 1. The van der Waals surface area contributed by atoms with Gasteiger partial charge in [0.15, 0.2) is 0 Å². The SMILES string of the molecule is CCCCCCCCC/C=C/CC/C=C/CCCC(O)C(O)C(CO)NC(=O)CCCCCCCCCCCCCCCCCCCCCCCCCCCCCCCC. The van der Waals surface area contributed by atoms with Crippen LogP contribution in [0.3, 0.4) is 0 Å². The Morgan fingerprint density at radius 1 is 0.400 bits per heavy atom. The molecular formula is C55H107NO4. The zero-order valence-electron chi connectivity index (χ0n) is 40.6. The summed E-state index contributed by atoms with van der Waals surface area (Å²) < 4.78 is 0. The van der Waals surface area contributed by atoms with Gasteiger partial charge in [-0.05, 0) is 51.4 Å². The highest BCUT2D eigenvalue weighted by molar-refractivity contribution is 5.76. The third-order valence-corrected chi connectivity index (χ3v) is 12.8. The number of allylic oxidation sites excluding steroid dienone is 4. The van der Waals surface area contributed by atoms with Gasteiger partial charge in [0.1, 0.15) is 6.10 Å². The van der Waals surface area contributed by atoms with E-state index >= 15 is 0 Å². The van der Waals surface area contributed by atoms with E-state index in [1.54, 1.807) is 0 Å². The van der Waals surface area contributed by atoms with Gasteiger partial charge in [-0.2, -0.15) is 0 Å². The topological polar surface area (TPSA) is 89.8 Å². The zero-order chi connectivity index (χ0) is 43.7. The molecule has 3 atom stereocenters. The molecular weight excluding hydrogens is 739 g/mol.